The van der Waals surface area contributed by atoms with Crippen molar-refractivity contribution in [2.45, 2.75) is 13.0 Å². The number of aromatic nitrogens is 1. The summed E-state index contributed by atoms with van der Waals surface area (Å²) in [5.74, 6) is 0.623. The van der Waals surface area contributed by atoms with Gasteiger partial charge in [-0.2, -0.15) is 0 Å². The molecule has 2 aromatic rings. The first kappa shape index (κ1) is 15.3. The lowest BCUT2D eigenvalue weighted by atomic mass is 10.1. The van der Waals surface area contributed by atoms with Crippen LogP contribution >= 0.6 is 0 Å². The van der Waals surface area contributed by atoms with E-state index in [-0.39, 0.29) is 11.9 Å². The van der Waals surface area contributed by atoms with E-state index in [4.69, 9.17) is 0 Å². The van der Waals surface area contributed by atoms with Gasteiger partial charge in [0.25, 0.3) is 5.91 Å². The van der Waals surface area contributed by atoms with Crippen LogP contribution in [0.5, 0.6) is 0 Å². The average molecular weight is 286 g/mol. The van der Waals surface area contributed by atoms with Crippen LogP contribution in [-0.4, -0.2) is 49.5 Å². The highest BCUT2D eigenvalue weighted by atomic mass is 16.1. The van der Waals surface area contributed by atoms with E-state index in [0.29, 0.717) is 17.9 Å². The molecule has 2 N–H and O–H groups in total. The van der Waals surface area contributed by atoms with Gasteiger partial charge in [0.05, 0.1) is 11.1 Å². The largest absolute Gasteiger partial charge is 0.373 e. The van der Waals surface area contributed by atoms with Gasteiger partial charge in [-0.25, -0.2) is 4.98 Å². The van der Waals surface area contributed by atoms with Crippen molar-refractivity contribution >= 4 is 22.6 Å². The van der Waals surface area contributed by atoms with E-state index in [1.54, 1.807) is 13.1 Å². The van der Waals surface area contributed by atoms with Crippen LogP contribution in [0.25, 0.3) is 10.9 Å². The van der Waals surface area contributed by atoms with Crippen LogP contribution in [0.1, 0.15) is 17.3 Å². The number of hydrogen-bond donors (Lipinski definition) is 2. The molecule has 1 aromatic heterocycles. The number of benzene rings is 1. The van der Waals surface area contributed by atoms with E-state index in [2.05, 4.69) is 27.4 Å². The van der Waals surface area contributed by atoms with Gasteiger partial charge >= 0.3 is 0 Å². The van der Waals surface area contributed by atoms with Crippen LogP contribution in [-0.2, 0) is 0 Å². The zero-order chi connectivity index (χ0) is 15.4. The third kappa shape index (κ3) is 3.49. The van der Waals surface area contributed by atoms with Crippen LogP contribution in [0.2, 0.25) is 0 Å². The molecule has 0 aliphatic carbocycles. The van der Waals surface area contributed by atoms with Gasteiger partial charge < -0.3 is 15.5 Å². The molecular formula is C16H22N4O. The topological polar surface area (TPSA) is 57.3 Å². The molecule has 0 bridgehead atoms. The Morgan fingerprint density at radius 3 is 2.71 bits per heavy atom. The van der Waals surface area contributed by atoms with Gasteiger partial charge in [0.2, 0.25) is 0 Å². The Labute approximate surface area is 125 Å². The summed E-state index contributed by atoms with van der Waals surface area (Å²) in [4.78, 5) is 19.0. The number of nitrogens with zero attached hydrogens (tertiary/aromatic N) is 2. The maximum Gasteiger partial charge on any atom is 0.252 e. The van der Waals surface area contributed by atoms with Gasteiger partial charge in [-0.15, -0.1) is 0 Å². The normalized spacial score (nSPS) is 12.4. The molecule has 0 spiro atoms. The number of likely N-dealkylation sites (N-methyl/N-ethyl adjacent to an activating group) is 1. The second-order valence-electron chi connectivity index (χ2n) is 5.34. The summed E-state index contributed by atoms with van der Waals surface area (Å²) in [6.07, 6.45) is 0. The predicted octanol–water partition coefficient (Wildman–Crippen LogP) is 1.96. The van der Waals surface area contributed by atoms with Crippen LogP contribution in [0.4, 0.5) is 5.82 Å². The number of amides is 1. The Morgan fingerprint density at radius 2 is 2.05 bits per heavy atom. The van der Waals surface area contributed by atoms with E-state index in [0.717, 1.165) is 10.9 Å². The third-order valence-electron chi connectivity index (χ3n) is 3.66. The number of fused-ring (bicyclic) bond motifs is 1. The fourth-order valence-electron chi connectivity index (χ4n) is 2.01. The van der Waals surface area contributed by atoms with Crippen molar-refractivity contribution < 1.29 is 4.79 Å². The second-order valence-corrected chi connectivity index (χ2v) is 5.34. The summed E-state index contributed by atoms with van der Waals surface area (Å²) in [6.45, 7) is 2.68. The van der Waals surface area contributed by atoms with Gasteiger partial charge in [-0.3, -0.25) is 4.79 Å². The third-order valence-corrected chi connectivity index (χ3v) is 3.66. The number of nitrogens with one attached hydrogen (secondary N) is 2. The fraction of sp³-hybridized carbons (Fsp3) is 0.375. The van der Waals surface area contributed by atoms with Gasteiger partial charge in [0, 0.05) is 25.0 Å². The Morgan fingerprint density at radius 1 is 1.33 bits per heavy atom. The summed E-state index contributed by atoms with van der Waals surface area (Å²) >= 11 is 0. The van der Waals surface area contributed by atoms with E-state index < -0.39 is 0 Å². The minimum Gasteiger partial charge on any atom is -0.373 e. The lowest BCUT2D eigenvalue weighted by molar-refractivity contribution is 0.0945. The van der Waals surface area contributed by atoms with Crippen molar-refractivity contribution in [2.75, 3.05) is 33.0 Å². The highest BCUT2D eigenvalue weighted by Crippen LogP contribution is 2.20. The maximum atomic E-state index is 12.5. The molecule has 1 unspecified atom stereocenters. The number of pyridine rings is 1. The molecule has 21 heavy (non-hydrogen) atoms. The van der Waals surface area contributed by atoms with E-state index in [9.17, 15) is 4.79 Å². The molecule has 1 heterocycles. The quantitative estimate of drug-likeness (QED) is 0.882. The molecule has 112 valence electrons. The summed E-state index contributed by atoms with van der Waals surface area (Å²) in [6, 6.07) is 9.75. The van der Waals surface area contributed by atoms with Crippen LogP contribution in [0, 0.1) is 0 Å². The molecule has 1 aromatic carbocycles. The Hall–Kier alpha value is -2.14. The van der Waals surface area contributed by atoms with Crippen molar-refractivity contribution in [3.05, 3.63) is 35.9 Å². The minimum absolute atomic E-state index is 0.0706. The summed E-state index contributed by atoms with van der Waals surface area (Å²) in [7, 11) is 5.79. The van der Waals surface area contributed by atoms with Gasteiger partial charge in [0.1, 0.15) is 5.82 Å². The van der Waals surface area contributed by atoms with Crippen LogP contribution in [0.15, 0.2) is 30.3 Å². The van der Waals surface area contributed by atoms with Crippen molar-refractivity contribution in [2.24, 2.45) is 0 Å². The number of carbonyl (C=O) groups excluding carboxylic acids is 1. The first-order chi connectivity index (χ1) is 10.0. The molecule has 2 rings (SSSR count). The van der Waals surface area contributed by atoms with Gasteiger partial charge in [-0.1, -0.05) is 18.2 Å². The summed E-state index contributed by atoms with van der Waals surface area (Å²) in [5.41, 5.74) is 1.46. The number of para-hydroxylation sites is 1. The Bertz CT molecular complexity index is 639. The van der Waals surface area contributed by atoms with E-state index in [1.807, 2.05) is 38.4 Å². The second kappa shape index (κ2) is 6.54. The number of rotatable bonds is 5. The standard InChI is InChI=1S/C16H22N4O/c1-11(20(3)4)10-18-16(21)13-9-15(17-2)19-14-8-6-5-7-12(13)14/h5-9,11H,10H2,1-4H3,(H,17,19)(H,18,21). The SMILES string of the molecule is CNc1cc(C(=O)NCC(C)N(C)C)c2ccccc2n1. The molecule has 5 nitrogen and oxygen atoms in total. The zero-order valence-corrected chi connectivity index (χ0v) is 13.0. The van der Waals surface area contributed by atoms with Gasteiger partial charge in [0.15, 0.2) is 0 Å². The lowest BCUT2D eigenvalue weighted by Crippen LogP contribution is -2.38. The lowest BCUT2D eigenvalue weighted by Gasteiger charge is -2.20. The smallest absolute Gasteiger partial charge is 0.252 e. The number of carbonyl (C=O) groups is 1. The number of hydrogen-bond acceptors (Lipinski definition) is 4. The fourth-order valence-corrected chi connectivity index (χ4v) is 2.01. The molecule has 0 fully saturated rings. The first-order valence-corrected chi connectivity index (χ1v) is 7.05. The molecular weight excluding hydrogens is 264 g/mol. The van der Waals surface area contributed by atoms with Crippen molar-refractivity contribution in [3.8, 4) is 0 Å². The number of anilines is 1. The highest BCUT2D eigenvalue weighted by Gasteiger charge is 2.14. The molecule has 5 heteroatoms. The van der Waals surface area contributed by atoms with Gasteiger partial charge in [-0.05, 0) is 33.2 Å². The summed E-state index contributed by atoms with van der Waals surface area (Å²) < 4.78 is 0. The molecule has 0 radical (unpaired) electrons. The van der Waals surface area contributed by atoms with Crippen molar-refractivity contribution in [3.63, 3.8) is 0 Å². The Balaban J connectivity index is 2.29. The molecule has 1 atom stereocenters. The van der Waals surface area contributed by atoms with E-state index in [1.165, 1.54) is 0 Å². The predicted molar refractivity (Wildman–Crippen MR) is 86.8 cm³/mol. The zero-order valence-electron chi connectivity index (χ0n) is 13.0. The van der Waals surface area contributed by atoms with Crippen molar-refractivity contribution in [1.29, 1.82) is 0 Å². The van der Waals surface area contributed by atoms with E-state index >= 15 is 0 Å². The molecule has 0 saturated carbocycles. The molecule has 0 aliphatic rings. The molecule has 0 aliphatic heterocycles. The van der Waals surface area contributed by atoms with Crippen molar-refractivity contribution in [1.82, 2.24) is 15.2 Å². The summed E-state index contributed by atoms with van der Waals surface area (Å²) in [5, 5.41) is 6.85. The van der Waals surface area contributed by atoms with Crippen LogP contribution in [0.3, 0.4) is 0 Å². The average Bonchev–Trinajstić information content (AvgIpc) is 2.50. The molecule has 1 amide bonds. The first-order valence-electron chi connectivity index (χ1n) is 7.05. The minimum atomic E-state index is -0.0706. The maximum absolute atomic E-state index is 12.5. The Kier molecular flexibility index (Phi) is 4.75. The van der Waals surface area contributed by atoms with Crippen LogP contribution < -0.4 is 10.6 Å². The molecule has 0 saturated heterocycles. The monoisotopic (exact) mass is 286 g/mol. The highest BCUT2D eigenvalue weighted by molar-refractivity contribution is 6.06.